The Morgan fingerprint density at radius 3 is 2.65 bits per heavy atom. The van der Waals surface area contributed by atoms with Crippen LogP contribution in [0.4, 0.5) is 16.3 Å². The van der Waals surface area contributed by atoms with Crippen molar-refractivity contribution in [3.05, 3.63) is 35.5 Å². The fraction of sp³-hybridized carbons (Fsp3) is 0.333. The standard InChI is InChI=1S/C15H20N6O2/c1-10-5-6-11(2)12(7-10)17-14(22)9-21-16-8-13(19-21)18-15(23)20(3)4/h5-8H,9H2,1-4H3,(H,17,22)(H,18,19,23). The number of rotatable bonds is 4. The molecule has 2 rings (SSSR count). The lowest BCUT2D eigenvalue weighted by molar-refractivity contribution is -0.117. The number of anilines is 2. The molecule has 0 spiro atoms. The van der Waals surface area contributed by atoms with Crippen LogP contribution in [0.5, 0.6) is 0 Å². The molecule has 0 bridgehead atoms. The molecule has 8 nitrogen and oxygen atoms in total. The van der Waals surface area contributed by atoms with Gasteiger partial charge in [-0.2, -0.15) is 9.90 Å². The third kappa shape index (κ3) is 4.53. The maximum Gasteiger partial charge on any atom is 0.322 e. The van der Waals surface area contributed by atoms with Crippen molar-refractivity contribution in [3.63, 3.8) is 0 Å². The van der Waals surface area contributed by atoms with Gasteiger partial charge < -0.3 is 10.2 Å². The molecule has 3 amide bonds. The van der Waals surface area contributed by atoms with Crippen LogP contribution in [0, 0.1) is 13.8 Å². The zero-order valence-electron chi connectivity index (χ0n) is 13.6. The van der Waals surface area contributed by atoms with E-state index in [4.69, 9.17) is 0 Å². The van der Waals surface area contributed by atoms with Gasteiger partial charge in [0, 0.05) is 19.8 Å². The van der Waals surface area contributed by atoms with Crippen molar-refractivity contribution in [3.8, 4) is 0 Å². The van der Waals surface area contributed by atoms with Gasteiger partial charge in [-0.3, -0.25) is 10.1 Å². The number of hydrogen-bond donors (Lipinski definition) is 2. The van der Waals surface area contributed by atoms with Gasteiger partial charge >= 0.3 is 6.03 Å². The predicted octanol–water partition coefficient (Wildman–Crippen LogP) is 1.63. The van der Waals surface area contributed by atoms with Crippen LogP contribution in [0.15, 0.2) is 24.4 Å². The zero-order valence-corrected chi connectivity index (χ0v) is 13.6. The van der Waals surface area contributed by atoms with E-state index in [-0.39, 0.29) is 18.5 Å². The molecule has 8 heteroatoms. The Bertz CT molecular complexity index is 723. The second-order valence-electron chi connectivity index (χ2n) is 5.45. The molecule has 0 fully saturated rings. The predicted molar refractivity (Wildman–Crippen MR) is 87.3 cm³/mol. The summed E-state index contributed by atoms with van der Waals surface area (Å²) in [5.41, 5.74) is 2.82. The SMILES string of the molecule is Cc1ccc(C)c(NC(=O)Cn2ncc(NC(=O)N(C)C)n2)c1. The van der Waals surface area contributed by atoms with Crippen molar-refractivity contribution in [2.24, 2.45) is 0 Å². The highest BCUT2D eigenvalue weighted by atomic mass is 16.2. The Balaban J connectivity index is 1.97. The van der Waals surface area contributed by atoms with Crippen LogP contribution in [0.25, 0.3) is 0 Å². The van der Waals surface area contributed by atoms with Crippen LogP contribution in [0.3, 0.4) is 0 Å². The first-order valence-electron chi connectivity index (χ1n) is 7.10. The Labute approximate surface area is 134 Å². The average molecular weight is 316 g/mol. The summed E-state index contributed by atoms with van der Waals surface area (Å²) in [4.78, 5) is 26.2. The lowest BCUT2D eigenvalue weighted by Crippen LogP contribution is -2.27. The summed E-state index contributed by atoms with van der Waals surface area (Å²) in [6.45, 7) is 3.85. The number of carbonyl (C=O) groups is 2. The van der Waals surface area contributed by atoms with E-state index < -0.39 is 0 Å². The number of aryl methyl sites for hydroxylation is 2. The molecule has 0 aliphatic rings. The lowest BCUT2D eigenvalue weighted by Gasteiger charge is -2.09. The first kappa shape index (κ1) is 16.5. The van der Waals surface area contributed by atoms with Gasteiger partial charge in [0.1, 0.15) is 6.54 Å². The summed E-state index contributed by atoms with van der Waals surface area (Å²) in [6, 6.07) is 5.54. The molecule has 0 radical (unpaired) electrons. The van der Waals surface area contributed by atoms with Gasteiger partial charge in [-0.15, -0.1) is 5.10 Å². The van der Waals surface area contributed by atoms with E-state index in [1.807, 2.05) is 32.0 Å². The monoisotopic (exact) mass is 316 g/mol. The molecule has 0 saturated carbocycles. The molecule has 1 heterocycles. The minimum atomic E-state index is -0.308. The highest BCUT2D eigenvalue weighted by molar-refractivity contribution is 5.91. The van der Waals surface area contributed by atoms with Gasteiger partial charge in [0.05, 0.1) is 6.20 Å². The lowest BCUT2D eigenvalue weighted by atomic mass is 10.1. The number of amides is 3. The fourth-order valence-corrected chi connectivity index (χ4v) is 1.84. The third-order valence-electron chi connectivity index (χ3n) is 3.13. The molecular formula is C15H20N6O2. The van der Waals surface area contributed by atoms with Crippen LogP contribution in [-0.2, 0) is 11.3 Å². The summed E-state index contributed by atoms with van der Waals surface area (Å²) < 4.78 is 0. The van der Waals surface area contributed by atoms with Gasteiger partial charge in [-0.1, -0.05) is 12.1 Å². The smallest absolute Gasteiger partial charge is 0.322 e. The second kappa shape index (κ2) is 6.91. The van der Waals surface area contributed by atoms with E-state index in [2.05, 4.69) is 20.8 Å². The number of nitrogens with one attached hydrogen (secondary N) is 2. The van der Waals surface area contributed by atoms with E-state index in [9.17, 15) is 9.59 Å². The van der Waals surface area contributed by atoms with Crippen molar-refractivity contribution >= 4 is 23.4 Å². The molecule has 0 aliphatic heterocycles. The van der Waals surface area contributed by atoms with Crippen LogP contribution in [0.1, 0.15) is 11.1 Å². The number of urea groups is 1. The molecule has 122 valence electrons. The number of aromatic nitrogens is 3. The molecule has 1 aromatic heterocycles. The van der Waals surface area contributed by atoms with Crippen molar-refractivity contribution in [1.82, 2.24) is 19.9 Å². The minimum Gasteiger partial charge on any atom is -0.331 e. The van der Waals surface area contributed by atoms with Gasteiger partial charge in [-0.25, -0.2) is 4.79 Å². The van der Waals surface area contributed by atoms with Crippen molar-refractivity contribution < 1.29 is 9.59 Å². The van der Waals surface area contributed by atoms with E-state index >= 15 is 0 Å². The van der Waals surface area contributed by atoms with E-state index in [0.717, 1.165) is 16.8 Å². The zero-order chi connectivity index (χ0) is 17.0. The number of carbonyl (C=O) groups excluding carboxylic acids is 2. The number of benzene rings is 1. The van der Waals surface area contributed by atoms with Crippen molar-refractivity contribution in [2.45, 2.75) is 20.4 Å². The Morgan fingerprint density at radius 2 is 1.96 bits per heavy atom. The third-order valence-corrected chi connectivity index (χ3v) is 3.13. The van der Waals surface area contributed by atoms with Gasteiger partial charge in [0.15, 0.2) is 5.82 Å². The van der Waals surface area contributed by atoms with Gasteiger partial charge in [0.25, 0.3) is 0 Å². The maximum atomic E-state index is 12.1. The van der Waals surface area contributed by atoms with Crippen molar-refractivity contribution in [1.29, 1.82) is 0 Å². The fourth-order valence-electron chi connectivity index (χ4n) is 1.84. The highest BCUT2D eigenvalue weighted by Gasteiger charge is 2.10. The largest absolute Gasteiger partial charge is 0.331 e. The Hall–Kier alpha value is -2.90. The van der Waals surface area contributed by atoms with Gasteiger partial charge in [0.2, 0.25) is 5.91 Å². The average Bonchev–Trinajstić information content (AvgIpc) is 2.89. The van der Waals surface area contributed by atoms with Crippen LogP contribution < -0.4 is 10.6 Å². The highest BCUT2D eigenvalue weighted by Crippen LogP contribution is 2.16. The summed E-state index contributed by atoms with van der Waals surface area (Å²) in [7, 11) is 3.24. The van der Waals surface area contributed by atoms with Crippen LogP contribution >= 0.6 is 0 Å². The summed E-state index contributed by atoms with van der Waals surface area (Å²) >= 11 is 0. The normalized spacial score (nSPS) is 10.3. The molecule has 0 unspecified atom stereocenters. The minimum absolute atomic E-state index is 0.0365. The molecule has 2 aromatic rings. The number of nitrogens with zero attached hydrogens (tertiary/aromatic N) is 4. The second-order valence-corrected chi connectivity index (χ2v) is 5.45. The first-order valence-corrected chi connectivity index (χ1v) is 7.10. The summed E-state index contributed by atoms with van der Waals surface area (Å²) in [5.74, 6) is 0.0584. The van der Waals surface area contributed by atoms with Gasteiger partial charge in [-0.05, 0) is 31.0 Å². The first-order chi connectivity index (χ1) is 10.8. The molecular weight excluding hydrogens is 296 g/mol. The topological polar surface area (TPSA) is 92.2 Å². The van der Waals surface area contributed by atoms with Crippen molar-refractivity contribution in [2.75, 3.05) is 24.7 Å². The summed E-state index contributed by atoms with van der Waals surface area (Å²) in [5, 5.41) is 13.4. The van der Waals surface area contributed by atoms with E-state index in [1.54, 1.807) is 14.1 Å². The van der Waals surface area contributed by atoms with Crippen LogP contribution in [0.2, 0.25) is 0 Å². The molecule has 0 aliphatic carbocycles. The molecule has 2 N–H and O–H groups in total. The van der Waals surface area contributed by atoms with Crippen LogP contribution in [-0.4, -0.2) is 45.9 Å². The summed E-state index contributed by atoms with van der Waals surface area (Å²) in [6.07, 6.45) is 1.40. The molecule has 0 atom stereocenters. The van der Waals surface area contributed by atoms with E-state index in [0.29, 0.717) is 5.82 Å². The quantitative estimate of drug-likeness (QED) is 0.896. The Kier molecular flexibility index (Phi) is 4.95. The molecule has 23 heavy (non-hydrogen) atoms. The molecule has 1 aromatic carbocycles. The Morgan fingerprint density at radius 1 is 1.22 bits per heavy atom. The number of hydrogen-bond acceptors (Lipinski definition) is 4. The van der Waals surface area contributed by atoms with E-state index in [1.165, 1.54) is 15.9 Å². The maximum absolute atomic E-state index is 12.1. The molecule has 0 saturated heterocycles.